The number of aromatic nitrogens is 3. The van der Waals surface area contributed by atoms with Crippen LogP contribution in [0.5, 0.6) is 23.5 Å². The maximum Gasteiger partial charge on any atom is 0.329 e. The fourth-order valence-electron chi connectivity index (χ4n) is 1.43. The van der Waals surface area contributed by atoms with Gasteiger partial charge in [-0.3, -0.25) is 0 Å². The molecule has 0 aliphatic carbocycles. The maximum atomic E-state index is 5.82. The van der Waals surface area contributed by atoms with Crippen LogP contribution in [0.1, 0.15) is 13.8 Å². The van der Waals surface area contributed by atoms with E-state index >= 15 is 0 Å². The number of benzene rings is 1. The number of methoxy groups -OCH3 is 1. The molecular formula is C13H14ClN3O3. The van der Waals surface area contributed by atoms with Gasteiger partial charge in [-0.25, -0.2) is 0 Å². The van der Waals surface area contributed by atoms with E-state index < -0.39 is 0 Å². The molecule has 0 saturated carbocycles. The molecule has 0 aliphatic heterocycles. The Morgan fingerprint density at radius 2 is 1.65 bits per heavy atom. The van der Waals surface area contributed by atoms with E-state index in [-0.39, 0.29) is 23.4 Å². The van der Waals surface area contributed by atoms with Gasteiger partial charge in [0.1, 0.15) is 0 Å². The highest BCUT2D eigenvalue weighted by atomic mass is 35.5. The average Bonchev–Trinajstić information content (AvgIpc) is 2.37. The molecule has 20 heavy (non-hydrogen) atoms. The first-order valence-electron chi connectivity index (χ1n) is 5.97. The van der Waals surface area contributed by atoms with Crippen LogP contribution in [0.4, 0.5) is 0 Å². The first-order chi connectivity index (χ1) is 9.58. The van der Waals surface area contributed by atoms with Crippen molar-refractivity contribution in [3.8, 4) is 23.5 Å². The largest absolute Gasteiger partial charge is 0.493 e. The second kappa shape index (κ2) is 6.38. The summed E-state index contributed by atoms with van der Waals surface area (Å²) in [6, 6.07) is 7.31. The lowest BCUT2D eigenvalue weighted by Gasteiger charge is -2.10. The van der Waals surface area contributed by atoms with E-state index in [4.69, 9.17) is 25.8 Å². The standard InChI is InChI=1S/C13H14ClN3O3/c1-8(2)19-12-15-11(14)16-13(17-12)20-10-7-5-4-6-9(10)18-3/h4-8H,1-3H3. The zero-order chi connectivity index (χ0) is 14.5. The van der Waals surface area contributed by atoms with Crippen molar-refractivity contribution in [2.75, 3.05) is 7.11 Å². The Bertz CT molecular complexity index is 593. The molecule has 0 N–H and O–H groups in total. The third-order valence-corrected chi connectivity index (χ3v) is 2.35. The molecule has 0 aliphatic rings. The third kappa shape index (κ3) is 3.71. The summed E-state index contributed by atoms with van der Waals surface area (Å²) >= 11 is 5.82. The predicted octanol–water partition coefficient (Wildman–Crippen LogP) is 3.11. The van der Waals surface area contributed by atoms with Gasteiger partial charge in [-0.05, 0) is 37.6 Å². The molecule has 1 heterocycles. The van der Waals surface area contributed by atoms with Gasteiger partial charge < -0.3 is 14.2 Å². The highest BCUT2D eigenvalue weighted by Crippen LogP contribution is 2.30. The first-order valence-corrected chi connectivity index (χ1v) is 6.35. The quantitative estimate of drug-likeness (QED) is 0.844. The molecule has 0 radical (unpaired) electrons. The molecule has 2 rings (SSSR count). The smallest absolute Gasteiger partial charge is 0.329 e. The van der Waals surface area contributed by atoms with E-state index in [0.717, 1.165) is 0 Å². The summed E-state index contributed by atoms with van der Waals surface area (Å²) in [5.41, 5.74) is 0. The van der Waals surface area contributed by atoms with E-state index in [9.17, 15) is 0 Å². The summed E-state index contributed by atoms with van der Waals surface area (Å²) in [7, 11) is 1.55. The van der Waals surface area contributed by atoms with E-state index in [1.165, 1.54) is 0 Å². The molecular weight excluding hydrogens is 282 g/mol. The summed E-state index contributed by atoms with van der Waals surface area (Å²) in [4.78, 5) is 11.8. The average molecular weight is 296 g/mol. The summed E-state index contributed by atoms with van der Waals surface area (Å²) in [6.07, 6.45) is -0.0763. The van der Waals surface area contributed by atoms with Crippen molar-refractivity contribution in [3.05, 3.63) is 29.5 Å². The lowest BCUT2D eigenvalue weighted by molar-refractivity contribution is 0.218. The van der Waals surface area contributed by atoms with Gasteiger partial charge in [-0.15, -0.1) is 4.98 Å². The summed E-state index contributed by atoms with van der Waals surface area (Å²) in [6.45, 7) is 3.72. The summed E-state index contributed by atoms with van der Waals surface area (Å²) < 4.78 is 16.1. The highest BCUT2D eigenvalue weighted by molar-refractivity contribution is 6.28. The molecule has 0 spiro atoms. The number of halogens is 1. The molecule has 1 aromatic carbocycles. The van der Waals surface area contributed by atoms with E-state index in [1.54, 1.807) is 19.2 Å². The van der Waals surface area contributed by atoms with E-state index in [0.29, 0.717) is 11.5 Å². The fraction of sp³-hybridized carbons (Fsp3) is 0.308. The van der Waals surface area contributed by atoms with Crippen molar-refractivity contribution in [1.82, 2.24) is 15.0 Å². The number of para-hydroxylation sites is 2. The van der Waals surface area contributed by atoms with Gasteiger partial charge in [0.2, 0.25) is 5.28 Å². The number of nitrogens with zero attached hydrogens (tertiary/aromatic N) is 3. The van der Waals surface area contributed by atoms with Gasteiger partial charge in [-0.1, -0.05) is 12.1 Å². The van der Waals surface area contributed by atoms with Crippen LogP contribution < -0.4 is 14.2 Å². The zero-order valence-electron chi connectivity index (χ0n) is 11.3. The van der Waals surface area contributed by atoms with Crippen molar-refractivity contribution in [2.45, 2.75) is 20.0 Å². The number of ether oxygens (including phenoxy) is 3. The first kappa shape index (κ1) is 14.3. The zero-order valence-corrected chi connectivity index (χ0v) is 12.1. The summed E-state index contributed by atoms with van der Waals surface area (Å²) in [5.74, 6) is 1.04. The van der Waals surface area contributed by atoms with Gasteiger partial charge in [-0.2, -0.15) is 9.97 Å². The van der Waals surface area contributed by atoms with Gasteiger partial charge >= 0.3 is 12.0 Å². The van der Waals surface area contributed by atoms with Crippen LogP contribution >= 0.6 is 11.6 Å². The Morgan fingerprint density at radius 3 is 2.30 bits per heavy atom. The monoisotopic (exact) mass is 295 g/mol. The van der Waals surface area contributed by atoms with Crippen LogP contribution in [0.2, 0.25) is 5.28 Å². The molecule has 6 nitrogen and oxygen atoms in total. The lowest BCUT2D eigenvalue weighted by Crippen LogP contribution is -2.09. The van der Waals surface area contributed by atoms with Crippen LogP contribution in [0, 0.1) is 0 Å². The minimum absolute atomic E-state index is 0.000507. The molecule has 0 atom stereocenters. The fourth-order valence-corrected chi connectivity index (χ4v) is 1.57. The molecule has 0 saturated heterocycles. The van der Waals surface area contributed by atoms with Crippen LogP contribution in [-0.4, -0.2) is 28.2 Å². The minimum atomic E-state index is -0.0763. The highest BCUT2D eigenvalue weighted by Gasteiger charge is 2.11. The molecule has 7 heteroatoms. The topological polar surface area (TPSA) is 66.4 Å². The molecule has 106 valence electrons. The third-order valence-electron chi connectivity index (χ3n) is 2.18. The SMILES string of the molecule is COc1ccccc1Oc1nc(Cl)nc(OC(C)C)n1. The van der Waals surface area contributed by atoms with Gasteiger partial charge in [0, 0.05) is 0 Å². The van der Waals surface area contributed by atoms with Crippen molar-refractivity contribution in [2.24, 2.45) is 0 Å². The van der Waals surface area contributed by atoms with Crippen LogP contribution in [0.15, 0.2) is 24.3 Å². The number of hydrogen-bond donors (Lipinski definition) is 0. The minimum Gasteiger partial charge on any atom is -0.493 e. The van der Waals surface area contributed by atoms with Crippen LogP contribution in [-0.2, 0) is 0 Å². The van der Waals surface area contributed by atoms with Crippen molar-refractivity contribution in [3.63, 3.8) is 0 Å². The number of hydrogen-bond acceptors (Lipinski definition) is 6. The molecule has 0 unspecified atom stereocenters. The normalized spacial score (nSPS) is 10.4. The van der Waals surface area contributed by atoms with Gasteiger partial charge in [0.15, 0.2) is 11.5 Å². The van der Waals surface area contributed by atoms with Crippen LogP contribution in [0.25, 0.3) is 0 Å². The van der Waals surface area contributed by atoms with Crippen molar-refractivity contribution in [1.29, 1.82) is 0 Å². The molecule has 0 bridgehead atoms. The Hall–Kier alpha value is -2.08. The van der Waals surface area contributed by atoms with Crippen molar-refractivity contribution >= 4 is 11.6 Å². The second-order valence-corrected chi connectivity index (χ2v) is 4.43. The van der Waals surface area contributed by atoms with Gasteiger partial charge in [0.05, 0.1) is 13.2 Å². The Labute approximate surface area is 121 Å². The summed E-state index contributed by atoms with van der Waals surface area (Å²) in [5, 5.41) is 0.000507. The van der Waals surface area contributed by atoms with E-state index in [1.807, 2.05) is 26.0 Å². The Morgan fingerprint density at radius 1 is 1.00 bits per heavy atom. The predicted molar refractivity (Wildman–Crippen MR) is 73.7 cm³/mol. The molecule has 0 fully saturated rings. The van der Waals surface area contributed by atoms with Gasteiger partial charge in [0.25, 0.3) is 0 Å². The van der Waals surface area contributed by atoms with Crippen LogP contribution in [0.3, 0.4) is 0 Å². The van der Waals surface area contributed by atoms with Crippen molar-refractivity contribution < 1.29 is 14.2 Å². The number of rotatable bonds is 5. The lowest BCUT2D eigenvalue weighted by atomic mass is 10.3. The van der Waals surface area contributed by atoms with E-state index in [2.05, 4.69) is 15.0 Å². The second-order valence-electron chi connectivity index (χ2n) is 4.09. The maximum absolute atomic E-state index is 5.82. The molecule has 2 aromatic rings. The Balaban J connectivity index is 2.26. The molecule has 1 aromatic heterocycles. The molecule has 0 amide bonds. The Kier molecular flexibility index (Phi) is 4.57.